The number of benzene rings is 3. The number of pyridine rings is 1. The summed E-state index contributed by atoms with van der Waals surface area (Å²) in [5, 5.41) is 9.29. The first kappa shape index (κ1) is 20.6. The Hall–Kier alpha value is -4.26. The van der Waals surface area contributed by atoms with Crippen LogP contribution in [0.3, 0.4) is 0 Å². The van der Waals surface area contributed by atoms with Crippen LogP contribution in [0, 0.1) is 5.82 Å². The van der Waals surface area contributed by atoms with E-state index in [1.165, 1.54) is 24.3 Å². The van der Waals surface area contributed by atoms with Crippen molar-refractivity contribution >= 4 is 33.4 Å². The van der Waals surface area contributed by atoms with Crippen LogP contribution in [0.2, 0.25) is 0 Å². The van der Waals surface area contributed by atoms with Gasteiger partial charge in [0.25, 0.3) is 0 Å². The average molecular weight is 440 g/mol. The molecule has 1 amide bonds. The third-order valence-corrected chi connectivity index (χ3v) is 5.32. The summed E-state index contributed by atoms with van der Waals surface area (Å²) >= 11 is 0. The van der Waals surface area contributed by atoms with Gasteiger partial charge in [0.15, 0.2) is 0 Å². The number of aromatic nitrogens is 3. The molecule has 0 aliphatic heterocycles. The molecule has 0 bridgehead atoms. The predicted octanol–water partition coefficient (Wildman–Crippen LogP) is 5.43. The Bertz CT molecular complexity index is 1450. The number of nitrogens with zero attached hydrogens (tertiary/aromatic N) is 3. The molecule has 0 aliphatic carbocycles. The van der Waals surface area contributed by atoms with E-state index >= 15 is 0 Å². The van der Waals surface area contributed by atoms with Gasteiger partial charge in [-0.2, -0.15) is 5.10 Å². The standard InChI is InChI=1S/C26H21FN4O2/c1-2-33-20-12-13-23-21(14-20)26-22(15-28-23)25(17-6-4-3-5-7-17)30-31(26)16-24(32)29-19-10-8-18(27)9-11-19/h3-15H,2,16H2,1H3,(H,29,32). The summed E-state index contributed by atoms with van der Waals surface area (Å²) < 4.78 is 20.6. The Morgan fingerprint density at radius 1 is 1.03 bits per heavy atom. The lowest BCUT2D eigenvalue weighted by atomic mass is 10.1. The van der Waals surface area contributed by atoms with E-state index in [2.05, 4.69) is 10.3 Å². The Balaban J connectivity index is 1.63. The van der Waals surface area contributed by atoms with Crippen molar-refractivity contribution in [3.8, 4) is 17.0 Å². The predicted molar refractivity (Wildman–Crippen MR) is 127 cm³/mol. The number of hydrogen-bond donors (Lipinski definition) is 1. The third kappa shape index (κ3) is 4.13. The maximum atomic E-state index is 13.2. The van der Waals surface area contributed by atoms with Gasteiger partial charge in [-0.25, -0.2) is 4.39 Å². The summed E-state index contributed by atoms with van der Waals surface area (Å²) in [4.78, 5) is 17.5. The van der Waals surface area contributed by atoms with Gasteiger partial charge >= 0.3 is 0 Å². The van der Waals surface area contributed by atoms with E-state index in [9.17, 15) is 9.18 Å². The van der Waals surface area contributed by atoms with Gasteiger partial charge < -0.3 is 10.1 Å². The fourth-order valence-corrected chi connectivity index (χ4v) is 3.88. The minimum Gasteiger partial charge on any atom is -0.494 e. The Morgan fingerprint density at radius 2 is 1.82 bits per heavy atom. The number of anilines is 1. The van der Waals surface area contributed by atoms with Crippen molar-refractivity contribution < 1.29 is 13.9 Å². The molecule has 0 saturated heterocycles. The number of hydrogen-bond acceptors (Lipinski definition) is 4. The van der Waals surface area contributed by atoms with Gasteiger partial charge in [0, 0.05) is 28.2 Å². The van der Waals surface area contributed by atoms with Crippen molar-refractivity contribution in [1.82, 2.24) is 14.8 Å². The van der Waals surface area contributed by atoms with Crippen LogP contribution in [0.15, 0.2) is 79.0 Å². The van der Waals surface area contributed by atoms with Crippen LogP contribution < -0.4 is 10.1 Å². The first-order valence-electron chi connectivity index (χ1n) is 10.7. The molecule has 1 N–H and O–H groups in total. The van der Waals surface area contributed by atoms with E-state index in [1.807, 2.05) is 55.5 Å². The first-order chi connectivity index (χ1) is 16.1. The van der Waals surface area contributed by atoms with Crippen molar-refractivity contribution in [2.24, 2.45) is 0 Å². The van der Waals surface area contributed by atoms with Crippen LogP contribution in [0.5, 0.6) is 5.75 Å². The van der Waals surface area contributed by atoms with E-state index in [1.54, 1.807) is 10.9 Å². The number of nitrogens with one attached hydrogen (secondary N) is 1. The number of fused-ring (bicyclic) bond motifs is 3. The second-order valence-corrected chi connectivity index (χ2v) is 7.56. The van der Waals surface area contributed by atoms with Crippen molar-refractivity contribution in [2.75, 3.05) is 11.9 Å². The molecule has 33 heavy (non-hydrogen) atoms. The van der Waals surface area contributed by atoms with Gasteiger partial charge in [0.05, 0.1) is 17.6 Å². The molecule has 0 atom stereocenters. The van der Waals surface area contributed by atoms with Crippen molar-refractivity contribution in [2.45, 2.75) is 13.5 Å². The number of carbonyl (C=O) groups is 1. The van der Waals surface area contributed by atoms with E-state index in [4.69, 9.17) is 9.84 Å². The van der Waals surface area contributed by atoms with Crippen molar-refractivity contribution in [3.05, 3.63) is 84.8 Å². The lowest BCUT2D eigenvalue weighted by Gasteiger charge is -2.09. The maximum absolute atomic E-state index is 13.2. The summed E-state index contributed by atoms with van der Waals surface area (Å²) in [7, 11) is 0. The van der Waals surface area contributed by atoms with Crippen LogP contribution in [0.25, 0.3) is 33.1 Å². The molecule has 5 rings (SSSR count). The number of amides is 1. The summed E-state index contributed by atoms with van der Waals surface area (Å²) in [6.45, 7) is 2.46. The third-order valence-electron chi connectivity index (χ3n) is 5.32. The molecule has 0 aliphatic rings. The fraction of sp³-hybridized carbons (Fsp3) is 0.115. The molecular weight excluding hydrogens is 419 g/mol. The van der Waals surface area contributed by atoms with Gasteiger partial charge in [-0.15, -0.1) is 0 Å². The minimum atomic E-state index is -0.359. The molecule has 2 heterocycles. The highest BCUT2D eigenvalue weighted by molar-refractivity contribution is 6.09. The molecule has 0 unspecified atom stereocenters. The zero-order chi connectivity index (χ0) is 22.8. The average Bonchev–Trinajstić information content (AvgIpc) is 3.20. The summed E-state index contributed by atoms with van der Waals surface area (Å²) in [5.74, 6) is 0.100. The smallest absolute Gasteiger partial charge is 0.246 e. The maximum Gasteiger partial charge on any atom is 0.246 e. The first-order valence-corrected chi connectivity index (χ1v) is 10.7. The van der Waals surface area contributed by atoms with Gasteiger partial charge in [-0.1, -0.05) is 30.3 Å². The number of carbonyl (C=O) groups excluding carboxylic acids is 1. The summed E-state index contributed by atoms with van der Waals surface area (Å²) in [5.41, 5.74) is 3.78. The summed E-state index contributed by atoms with van der Waals surface area (Å²) in [6, 6.07) is 21.2. The number of halogens is 1. The van der Waals surface area contributed by atoms with Crippen LogP contribution >= 0.6 is 0 Å². The van der Waals surface area contributed by atoms with Crippen LogP contribution in [0.4, 0.5) is 10.1 Å². The van der Waals surface area contributed by atoms with E-state index in [0.717, 1.165) is 38.8 Å². The van der Waals surface area contributed by atoms with Gasteiger partial charge in [-0.05, 0) is 49.4 Å². The molecule has 0 radical (unpaired) electrons. The fourth-order valence-electron chi connectivity index (χ4n) is 3.88. The second kappa shape index (κ2) is 8.70. The van der Waals surface area contributed by atoms with Crippen LogP contribution in [-0.2, 0) is 11.3 Å². The zero-order valence-electron chi connectivity index (χ0n) is 18.0. The molecule has 164 valence electrons. The normalized spacial score (nSPS) is 11.1. The van der Waals surface area contributed by atoms with Crippen molar-refractivity contribution in [1.29, 1.82) is 0 Å². The highest BCUT2D eigenvalue weighted by atomic mass is 19.1. The minimum absolute atomic E-state index is 0.0152. The van der Waals surface area contributed by atoms with E-state index < -0.39 is 0 Å². The highest BCUT2D eigenvalue weighted by Gasteiger charge is 2.18. The molecular formula is C26H21FN4O2. The number of ether oxygens (including phenoxy) is 1. The van der Waals surface area contributed by atoms with Gasteiger partial charge in [-0.3, -0.25) is 14.5 Å². The Morgan fingerprint density at radius 3 is 2.58 bits per heavy atom. The monoisotopic (exact) mass is 440 g/mol. The molecule has 2 aromatic heterocycles. The number of rotatable bonds is 6. The van der Waals surface area contributed by atoms with Crippen LogP contribution in [0.1, 0.15) is 6.92 Å². The largest absolute Gasteiger partial charge is 0.494 e. The SMILES string of the molecule is CCOc1ccc2ncc3c(-c4ccccc4)nn(CC(=O)Nc4ccc(F)cc4)c3c2c1. The lowest BCUT2D eigenvalue weighted by molar-refractivity contribution is -0.116. The van der Waals surface area contributed by atoms with Crippen molar-refractivity contribution in [3.63, 3.8) is 0 Å². The molecule has 0 spiro atoms. The second-order valence-electron chi connectivity index (χ2n) is 7.56. The Labute approximate surface area is 189 Å². The molecule has 5 aromatic rings. The molecule has 0 saturated carbocycles. The van der Waals surface area contributed by atoms with Crippen LogP contribution in [-0.4, -0.2) is 27.3 Å². The lowest BCUT2D eigenvalue weighted by Crippen LogP contribution is -2.19. The quantitative estimate of drug-likeness (QED) is 0.382. The molecule has 0 fully saturated rings. The zero-order valence-corrected chi connectivity index (χ0v) is 18.0. The summed E-state index contributed by atoms with van der Waals surface area (Å²) in [6.07, 6.45) is 1.79. The van der Waals surface area contributed by atoms with Gasteiger partial charge in [0.1, 0.15) is 23.8 Å². The van der Waals surface area contributed by atoms with E-state index in [-0.39, 0.29) is 18.3 Å². The Kier molecular flexibility index (Phi) is 5.44. The van der Waals surface area contributed by atoms with Gasteiger partial charge in [0.2, 0.25) is 5.91 Å². The van der Waals surface area contributed by atoms with E-state index in [0.29, 0.717) is 12.3 Å². The molecule has 3 aromatic carbocycles. The topological polar surface area (TPSA) is 69.0 Å². The highest BCUT2D eigenvalue weighted by Crippen LogP contribution is 2.33. The molecule has 7 heteroatoms. The molecule has 6 nitrogen and oxygen atoms in total.